The van der Waals surface area contributed by atoms with Crippen molar-refractivity contribution < 1.29 is 4.74 Å². The lowest BCUT2D eigenvalue weighted by atomic mass is 9.89. The fraction of sp³-hybridized carbons (Fsp3) is 0.846. The molecule has 0 spiro atoms. The normalized spacial score (nSPS) is 17.7. The van der Waals surface area contributed by atoms with Crippen LogP contribution < -0.4 is 5.32 Å². The number of hydrogen-bond acceptors (Lipinski definition) is 2. The molecule has 0 aromatic heterocycles. The van der Waals surface area contributed by atoms with E-state index in [-0.39, 0.29) is 0 Å². The number of ether oxygens (including phenoxy) is 1. The van der Waals surface area contributed by atoms with Crippen molar-refractivity contribution in [2.45, 2.75) is 52.0 Å². The second kappa shape index (κ2) is 6.89. The molecule has 0 radical (unpaired) electrons. The molecule has 0 bridgehead atoms. The van der Waals surface area contributed by atoms with Gasteiger partial charge in [-0.3, -0.25) is 0 Å². The summed E-state index contributed by atoms with van der Waals surface area (Å²) in [5.41, 5.74) is 0. The van der Waals surface area contributed by atoms with Crippen LogP contribution in [-0.2, 0) is 4.74 Å². The summed E-state index contributed by atoms with van der Waals surface area (Å²) in [5.74, 6) is 1.92. The first kappa shape index (κ1) is 12.6. The van der Waals surface area contributed by atoms with Crippen molar-refractivity contribution in [3.8, 4) is 0 Å². The van der Waals surface area contributed by atoms with Gasteiger partial charge in [0, 0.05) is 6.42 Å². The van der Waals surface area contributed by atoms with Crippen molar-refractivity contribution in [3.05, 3.63) is 11.8 Å². The number of hydrogen-bond donors (Lipinski definition) is 1. The lowest BCUT2D eigenvalue weighted by Crippen LogP contribution is -2.35. The molecule has 88 valence electrons. The van der Waals surface area contributed by atoms with Gasteiger partial charge in [-0.15, -0.1) is 0 Å². The zero-order valence-electron chi connectivity index (χ0n) is 10.4. The monoisotopic (exact) mass is 211 g/mol. The van der Waals surface area contributed by atoms with Crippen LogP contribution in [0.1, 0.15) is 46.0 Å². The molecule has 1 heterocycles. The summed E-state index contributed by atoms with van der Waals surface area (Å²) in [6, 6.07) is 0.437. The molecule has 1 rings (SSSR count). The summed E-state index contributed by atoms with van der Waals surface area (Å²) in [5, 5.41) is 3.42. The second-order valence-corrected chi connectivity index (χ2v) is 4.35. The summed E-state index contributed by atoms with van der Waals surface area (Å²) in [7, 11) is 2.05. The molecule has 0 aliphatic carbocycles. The maximum atomic E-state index is 5.68. The third-order valence-corrected chi connectivity index (χ3v) is 3.14. The summed E-state index contributed by atoms with van der Waals surface area (Å²) >= 11 is 0. The van der Waals surface area contributed by atoms with Crippen molar-refractivity contribution in [1.29, 1.82) is 0 Å². The highest BCUT2D eigenvalue weighted by Crippen LogP contribution is 2.25. The lowest BCUT2D eigenvalue weighted by Gasteiger charge is -2.27. The minimum atomic E-state index is 0.437. The maximum Gasteiger partial charge on any atom is 0.109 e. The summed E-state index contributed by atoms with van der Waals surface area (Å²) in [6.07, 6.45) is 8.43. The highest BCUT2D eigenvalue weighted by molar-refractivity contribution is 5.08. The van der Waals surface area contributed by atoms with Gasteiger partial charge in [0.15, 0.2) is 0 Å². The Morgan fingerprint density at radius 2 is 2.00 bits per heavy atom. The zero-order chi connectivity index (χ0) is 11.1. The van der Waals surface area contributed by atoms with E-state index in [9.17, 15) is 0 Å². The first-order chi connectivity index (χ1) is 7.33. The number of nitrogens with one attached hydrogen (secondary N) is 1. The molecular weight excluding hydrogens is 186 g/mol. The van der Waals surface area contributed by atoms with E-state index in [1.54, 1.807) is 0 Å². The van der Waals surface area contributed by atoms with Crippen LogP contribution in [0.4, 0.5) is 0 Å². The molecule has 0 aromatic carbocycles. The minimum Gasteiger partial charge on any atom is -0.496 e. The predicted octanol–water partition coefficient (Wildman–Crippen LogP) is 3.10. The van der Waals surface area contributed by atoms with Crippen LogP contribution in [0.25, 0.3) is 0 Å². The highest BCUT2D eigenvalue weighted by Gasteiger charge is 2.25. The molecule has 1 atom stereocenters. The van der Waals surface area contributed by atoms with E-state index in [0.717, 1.165) is 18.9 Å². The van der Waals surface area contributed by atoms with Crippen molar-refractivity contribution in [3.63, 3.8) is 0 Å². The summed E-state index contributed by atoms with van der Waals surface area (Å²) in [6.45, 7) is 5.40. The van der Waals surface area contributed by atoms with Gasteiger partial charge in [-0.1, -0.05) is 26.7 Å². The van der Waals surface area contributed by atoms with Crippen LogP contribution in [0.15, 0.2) is 11.8 Å². The molecule has 1 unspecified atom stereocenters. The maximum absolute atomic E-state index is 5.68. The van der Waals surface area contributed by atoms with Crippen molar-refractivity contribution in [2.75, 3.05) is 13.7 Å². The Labute approximate surface area is 94.1 Å². The van der Waals surface area contributed by atoms with Crippen LogP contribution in [0.2, 0.25) is 0 Å². The molecule has 0 fully saturated rings. The van der Waals surface area contributed by atoms with E-state index in [1.165, 1.54) is 31.4 Å². The van der Waals surface area contributed by atoms with E-state index >= 15 is 0 Å². The van der Waals surface area contributed by atoms with E-state index < -0.39 is 0 Å². The Morgan fingerprint density at radius 3 is 2.40 bits per heavy atom. The van der Waals surface area contributed by atoms with Gasteiger partial charge in [-0.25, -0.2) is 0 Å². The quantitative estimate of drug-likeness (QED) is 0.698. The van der Waals surface area contributed by atoms with Gasteiger partial charge in [0.2, 0.25) is 0 Å². The van der Waals surface area contributed by atoms with Gasteiger partial charge in [0.05, 0.1) is 12.6 Å². The van der Waals surface area contributed by atoms with Gasteiger partial charge in [-0.05, 0) is 31.9 Å². The average Bonchev–Trinajstić information content (AvgIpc) is 2.73. The van der Waals surface area contributed by atoms with Crippen LogP contribution in [0, 0.1) is 5.92 Å². The standard InChI is InChI=1S/C13H25NO/c1-4-7-11(8-5-2)13(14-3)12-9-6-10-15-12/h9,11,13-14H,4-8,10H2,1-3H3. The Balaban J connectivity index is 2.59. The molecule has 0 amide bonds. The van der Waals surface area contributed by atoms with Crippen LogP contribution >= 0.6 is 0 Å². The molecule has 0 saturated heterocycles. The molecule has 15 heavy (non-hydrogen) atoms. The van der Waals surface area contributed by atoms with Crippen molar-refractivity contribution in [1.82, 2.24) is 5.32 Å². The first-order valence-corrected chi connectivity index (χ1v) is 6.33. The molecule has 0 saturated carbocycles. The smallest absolute Gasteiger partial charge is 0.109 e. The fourth-order valence-electron chi connectivity index (χ4n) is 2.48. The Bertz CT molecular complexity index is 195. The minimum absolute atomic E-state index is 0.437. The van der Waals surface area contributed by atoms with Crippen molar-refractivity contribution in [2.24, 2.45) is 5.92 Å². The van der Waals surface area contributed by atoms with Crippen molar-refractivity contribution >= 4 is 0 Å². The van der Waals surface area contributed by atoms with E-state index in [0.29, 0.717) is 6.04 Å². The van der Waals surface area contributed by atoms with E-state index in [1.807, 2.05) is 7.05 Å². The summed E-state index contributed by atoms with van der Waals surface area (Å²) < 4.78 is 5.68. The van der Waals surface area contributed by atoms with Crippen LogP contribution in [0.5, 0.6) is 0 Å². The van der Waals surface area contributed by atoms with Gasteiger partial charge < -0.3 is 10.1 Å². The Morgan fingerprint density at radius 1 is 1.33 bits per heavy atom. The van der Waals surface area contributed by atoms with E-state index in [2.05, 4.69) is 25.2 Å². The number of likely N-dealkylation sites (N-methyl/N-ethyl adjacent to an activating group) is 1. The third kappa shape index (κ3) is 3.53. The lowest BCUT2D eigenvalue weighted by molar-refractivity contribution is 0.188. The van der Waals surface area contributed by atoms with Gasteiger partial charge in [-0.2, -0.15) is 0 Å². The van der Waals surface area contributed by atoms with Gasteiger partial charge in [0.1, 0.15) is 5.76 Å². The molecular formula is C13H25NO. The molecule has 2 heteroatoms. The van der Waals surface area contributed by atoms with Gasteiger partial charge >= 0.3 is 0 Å². The predicted molar refractivity (Wildman–Crippen MR) is 64.8 cm³/mol. The van der Waals surface area contributed by atoms with E-state index in [4.69, 9.17) is 4.74 Å². The third-order valence-electron chi connectivity index (χ3n) is 3.14. The highest BCUT2D eigenvalue weighted by atomic mass is 16.5. The topological polar surface area (TPSA) is 21.3 Å². The zero-order valence-corrected chi connectivity index (χ0v) is 10.4. The number of rotatable bonds is 7. The second-order valence-electron chi connectivity index (χ2n) is 4.35. The average molecular weight is 211 g/mol. The fourth-order valence-corrected chi connectivity index (χ4v) is 2.48. The molecule has 0 aromatic rings. The van der Waals surface area contributed by atoms with Crippen LogP contribution in [0.3, 0.4) is 0 Å². The largest absolute Gasteiger partial charge is 0.496 e. The molecule has 2 nitrogen and oxygen atoms in total. The SMILES string of the molecule is CCCC(CCC)C(NC)C1=CCCO1. The Kier molecular flexibility index (Phi) is 5.77. The first-order valence-electron chi connectivity index (χ1n) is 6.33. The molecule has 1 N–H and O–H groups in total. The van der Waals surface area contributed by atoms with Gasteiger partial charge in [0.25, 0.3) is 0 Å². The molecule has 1 aliphatic rings. The summed E-state index contributed by atoms with van der Waals surface area (Å²) in [4.78, 5) is 0. The van der Waals surface area contributed by atoms with Crippen LogP contribution in [-0.4, -0.2) is 19.7 Å². The Hall–Kier alpha value is -0.500. The molecule has 1 aliphatic heterocycles.